The first-order valence-corrected chi connectivity index (χ1v) is 8.49. The number of nitrogens with one attached hydrogen (secondary N) is 1. The van der Waals surface area contributed by atoms with Gasteiger partial charge in [0, 0.05) is 17.6 Å². The molecule has 0 aliphatic heterocycles. The van der Waals surface area contributed by atoms with Gasteiger partial charge in [-0.05, 0) is 36.2 Å². The van der Waals surface area contributed by atoms with Gasteiger partial charge in [-0.15, -0.1) is 0 Å². The van der Waals surface area contributed by atoms with Gasteiger partial charge in [-0.3, -0.25) is 15.1 Å². The van der Waals surface area contributed by atoms with Crippen molar-refractivity contribution < 1.29 is 19.0 Å². The number of nitrogens with zero attached hydrogens (tertiary/aromatic N) is 4. The first-order valence-electron chi connectivity index (χ1n) is 8.49. The lowest BCUT2D eigenvalue weighted by molar-refractivity contribution is -0.117. The zero-order valence-corrected chi connectivity index (χ0v) is 15.7. The molecule has 0 spiro atoms. The molecule has 9 heteroatoms. The van der Waals surface area contributed by atoms with Crippen molar-refractivity contribution in [1.82, 2.24) is 20.6 Å². The molecule has 0 radical (unpaired) electrons. The Morgan fingerprint density at radius 2 is 1.79 bits per heavy atom. The molecule has 9 nitrogen and oxygen atoms in total. The molecule has 0 unspecified atom stereocenters. The quantitative estimate of drug-likeness (QED) is 0.628. The number of carbonyl (C=O) groups is 1. The van der Waals surface area contributed by atoms with Crippen molar-refractivity contribution in [3.05, 3.63) is 53.9 Å². The van der Waals surface area contributed by atoms with Crippen molar-refractivity contribution >= 4 is 11.6 Å². The molecule has 3 rings (SSSR count). The molecular weight excluding hydrogens is 362 g/mol. The fourth-order valence-corrected chi connectivity index (χ4v) is 2.73. The van der Waals surface area contributed by atoms with E-state index < -0.39 is 5.92 Å². The maximum absolute atomic E-state index is 12.9. The molecule has 28 heavy (non-hydrogen) atoms. The number of anilines is 1. The summed E-state index contributed by atoms with van der Waals surface area (Å²) in [5.41, 5.74) is 1.49. The highest BCUT2D eigenvalue weighted by atomic mass is 16.5. The molecule has 1 amide bonds. The summed E-state index contributed by atoms with van der Waals surface area (Å²) in [6.07, 6.45) is 0.385. The SMILES string of the molecule is COc1ccc(C[C@@H](C(=O)Nc2ccc(OC)c(OC)c2)c2nnn[n-]2)cc1. The van der Waals surface area contributed by atoms with E-state index >= 15 is 0 Å². The first-order chi connectivity index (χ1) is 13.6. The standard InChI is InChI=1S/C19H21N5O4/c1-26-14-7-4-12(5-8-14)10-15(18-21-23-24-22-18)19(25)20-13-6-9-16(27-2)17(11-13)28-3/h4-9,11,15H,10H2,1-3H3,(H2,20,21,22,23,24,25)/p-1/t15-/m1/s1. The molecular formula is C19H20N5O4-. The monoisotopic (exact) mass is 382 g/mol. The van der Waals surface area contributed by atoms with Crippen molar-refractivity contribution in [2.45, 2.75) is 12.3 Å². The molecule has 0 bridgehead atoms. The van der Waals surface area contributed by atoms with Crippen LogP contribution in [0.5, 0.6) is 17.2 Å². The van der Waals surface area contributed by atoms with Crippen molar-refractivity contribution in [2.24, 2.45) is 0 Å². The van der Waals surface area contributed by atoms with E-state index in [1.54, 1.807) is 32.4 Å². The van der Waals surface area contributed by atoms with Crippen LogP contribution in [0.1, 0.15) is 17.3 Å². The Kier molecular flexibility index (Phi) is 6.05. The average molecular weight is 382 g/mol. The summed E-state index contributed by atoms with van der Waals surface area (Å²) in [7, 11) is 4.68. The lowest BCUT2D eigenvalue weighted by atomic mass is 9.97. The second-order valence-corrected chi connectivity index (χ2v) is 5.90. The Hall–Kier alpha value is -3.62. The maximum Gasteiger partial charge on any atom is 0.232 e. The molecule has 0 saturated carbocycles. The maximum atomic E-state index is 12.9. The number of aromatic nitrogens is 4. The molecule has 0 saturated heterocycles. The molecule has 0 aliphatic rings. The molecule has 1 aromatic heterocycles. The normalized spacial score (nSPS) is 11.5. The number of methoxy groups -OCH3 is 3. The van der Waals surface area contributed by atoms with Crippen LogP contribution in [-0.4, -0.2) is 42.8 Å². The Morgan fingerprint density at radius 3 is 2.39 bits per heavy atom. The number of rotatable bonds is 8. The molecule has 1 N–H and O–H groups in total. The van der Waals surface area contributed by atoms with Gasteiger partial charge in [0.05, 0.1) is 27.2 Å². The van der Waals surface area contributed by atoms with E-state index in [-0.39, 0.29) is 11.7 Å². The molecule has 0 fully saturated rings. The minimum atomic E-state index is -0.656. The molecule has 1 atom stereocenters. The van der Waals surface area contributed by atoms with Crippen LogP contribution in [0.15, 0.2) is 42.5 Å². The first kappa shape index (κ1) is 19.2. The van der Waals surface area contributed by atoms with Gasteiger partial charge in [-0.1, -0.05) is 12.1 Å². The third kappa shape index (κ3) is 4.37. The number of carbonyl (C=O) groups excluding carboxylic acids is 1. The number of ether oxygens (including phenoxy) is 3. The van der Waals surface area contributed by atoms with E-state index in [2.05, 4.69) is 25.9 Å². The van der Waals surface area contributed by atoms with Crippen LogP contribution in [-0.2, 0) is 11.2 Å². The van der Waals surface area contributed by atoms with Crippen LogP contribution >= 0.6 is 0 Å². The van der Waals surface area contributed by atoms with E-state index in [9.17, 15) is 4.79 Å². The Balaban J connectivity index is 1.81. The third-order valence-corrected chi connectivity index (χ3v) is 4.21. The van der Waals surface area contributed by atoms with Gasteiger partial charge in [0.2, 0.25) is 5.91 Å². The molecule has 3 aromatic rings. The topological polar surface area (TPSA) is 110 Å². The fraction of sp³-hybridized carbons (Fsp3) is 0.263. The van der Waals surface area contributed by atoms with Gasteiger partial charge in [0.25, 0.3) is 0 Å². The van der Waals surface area contributed by atoms with Gasteiger partial charge < -0.3 is 24.6 Å². The van der Waals surface area contributed by atoms with Crippen LogP contribution in [0.2, 0.25) is 0 Å². The average Bonchev–Trinajstić information content (AvgIpc) is 3.26. The van der Waals surface area contributed by atoms with Crippen LogP contribution < -0.4 is 24.6 Å². The van der Waals surface area contributed by atoms with E-state index in [4.69, 9.17) is 14.2 Å². The number of hydrogen-bond acceptors (Lipinski definition) is 7. The van der Waals surface area contributed by atoms with Gasteiger partial charge in [-0.2, -0.15) is 5.21 Å². The Bertz CT molecular complexity index is 913. The minimum Gasteiger partial charge on any atom is -0.497 e. The number of hydrogen-bond donors (Lipinski definition) is 1. The molecule has 2 aromatic carbocycles. The van der Waals surface area contributed by atoms with Gasteiger partial charge >= 0.3 is 0 Å². The van der Waals surface area contributed by atoms with E-state index in [0.717, 1.165) is 11.3 Å². The number of benzene rings is 2. The third-order valence-electron chi connectivity index (χ3n) is 4.21. The zero-order valence-electron chi connectivity index (χ0n) is 15.7. The van der Waals surface area contributed by atoms with E-state index in [1.807, 2.05) is 24.3 Å². The van der Waals surface area contributed by atoms with Gasteiger partial charge in [-0.25, -0.2) is 0 Å². The van der Waals surface area contributed by atoms with Crippen molar-refractivity contribution in [3.8, 4) is 17.2 Å². The fourth-order valence-electron chi connectivity index (χ4n) is 2.73. The summed E-state index contributed by atoms with van der Waals surface area (Å²) >= 11 is 0. The molecule has 0 aliphatic carbocycles. The highest BCUT2D eigenvalue weighted by Gasteiger charge is 2.21. The molecule has 146 valence electrons. The van der Waals surface area contributed by atoms with Crippen molar-refractivity contribution in [1.29, 1.82) is 0 Å². The lowest BCUT2D eigenvalue weighted by Gasteiger charge is -2.18. The summed E-state index contributed by atoms with van der Waals surface area (Å²) in [4.78, 5) is 12.9. The summed E-state index contributed by atoms with van der Waals surface area (Å²) in [6, 6.07) is 12.6. The smallest absolute Gasteiger partial charge is 0.232 e. The Labute approximate surface area is 162 Å². The Morgan fingerprint density at radius 1 is 1.04 bits per heavy atom. The summed E-state index contributed by atoms with van der Waals surface area (Å²) < 4.78 is 15.7. The van der Waals surface area contributed by atoms with Crippen LogP contribution in [0, 0.1) is 0 Å². The van der Waals surface area contributed by atoms with Crippen LogP contribution in [0.4, 0.5) is 5.69 Å². The predicted molar refractivity (Wildman–Crippen MR) is 101 cm³/mol. The van der Waals surface area contributed by atoms with Crippen LogP contribution in [0.3, 0.4) is 0 Å². The highest BCUT2D eigenvalue weighted by molar-refractivity contribution is 5.95. The van der Waals surface area contributed by atoms with E-state index in [0.29, 0.717) is 23.6 Å². The largest absolute Gasteiger partial charge is 0.497 e. The predicted octanol–water partition coefficient (Wildman–Crippen LogP) is 1.82. The van der Waals surface area contributed by atoms with E-state index in [1.165, 1.54) is 7.11 Å². The molecule has 1 heterocycles. The minimum absolute atomic E-state index is 0.258. The van der Waals surface area contributed by atoms with Crippen LogP contribution in [0.25, 0.3) is 0 Å². The number of amides is 1. The zero-order chi connectivity index (χ0) is 19.9. The van der Waals surface area contributed by atoms with Crippen molar-refractivity contribution in [3.63, 3.8) is 0 Å². The second kappa shape index (κ2) is 8.85. The number of tetrazole rings is 1. The summed E-state index contributed by atoms with van der Waals surface area (Å²) in [5.74, 6) is 1.15. The second-order valence-electron chi connectivity index (χ2n) is 5.90. The van der Waals surface area contributed by atoms with Crippen molar-refractivity contribution in [2.75, 3.05) is 26.6 Å². The lowest BCUT2D eigenvalue weighted by Crippen LogP contribution is -2.24. The highest BCUT2D eigenvalue weighted by Crippen LogP contribution is 2.30. The van der Waals surface area contributed by atoms with Gasteiger partial charge in [0.15, 0.2) is 11.5 Å². The summed E-state index contributed by atoms with van der Waals surface area (Å²) in [5, 5.41) is 17.6. The van der Waals surface area contributed by atoms with Gasteiger partial charge in [0.1, 0.15) is 5.75 Å². The summed E-state index contributed by atoms with van der Waals surface area (Å²) in [6.45, 7) is 0.